The Balaban J connectivity index is 1.51. The zero-order valence-corrected chi connectivity index (χ0v) is 17.1. The molecule has 2 heterocycles. The van der Waals surface area contributed by atoms with Crippen molar-refractivity contribution in [3.05, 3.63) is 103 Å². The number of nitrogens with one attached hydrogen (secondary N) is 1. The van der Waals surface area contributed by atoms with Gasteiger partial charge in [0.25, 0.3) is 5.91 Å². The maximum absolute atomic E-state index is 12.5. The van der Waals surface area contributed by atoms with Gasteiger partial charge in [0, 0.05) is 34.6 Å². The van der Waals surface area contributed by atoms with Crippen LogP contribution in [-0.4, -0.2) is 20.9 Å². The van der Waals surface area contributed by atoms with Gasteiger partial charge in [-0.05, 0) is 65.2 Å². The molecule has 0 bridgehead atoms. The number of carbonyl (C=O) groups excluding carboxylic acids is 1. The fourth-order valence-electron chi connectivity index (χ4n) is 3.64. The monoisotopic (exact) mass is 417 g/mol. The number of amides is 1. The number of hydrogen-bond acceptors (Lipinski definition) is 5. The van der Waals surface area contributed by atoms with Crippen LogP contribution in [0.25, 0.3) is 33.2 Å². The summed E-state index contributed by atoms with van der Waals surface area (Å²) < 4.78 is 0. The zero-order chi connectivity index (χ0) is 21.9. The molecule has 0 aliphatic carbocycles. The van der Waals surface area contributed by atoms with Crippen LogP contribution < -0.4 is 11.1 Å². The predicted octanol–water partition coefficient (Wildman–Crippen LogP) is 5.19. The van der Waals surface area contributed by atoms with Gasteiger partial charge in [-0.15, -0.1) is 0 Å². The van der Waals surface area contributed by atoms with Gasteiger partial charge in [-0.2, -0.15) is 0 Å². The van der Waals surface area contributed by atoms with Gasteiger partial charge >= 0.3 is 0 Å². The number of rotatable bonds is 4. The summed E-state index contributed by atoms with van der Waals surface area (Å²) in [7, 11) is 0. The average Bonchev–Trinajstić information content (AvgIpc) is 2.84. The molecular formula is C26H19N5O. The van der Waals surface area contributed by atoms with Gasteiger partial charge in [0.15, 0.2) is 0 Å². The molecule has 6 heteroatoms. The molecular weight excluding hydrogens is 398 g/mol. The van der Waals surface area contributed by atoms with E-state index >= 15 is 0 Å². The number of fused-ring (bicyclic) bond motifs is 1. The van der Waals surface area contributed by atoms with E-state index in [2.05, 4.69) is 26.3 Å². The highest BCUT2D eigenvalue weighted by Gasteiger charge is 2.11. The third-order valence-corrected chi connectivity index (χ3v) is 5.19. The largest absolute Gasteiger partial charge is 0.399 e. The van der Waals surface area contributed by atoms with E-state index in [9.17, 15) is 4.79 Å². The normalized spacial score (nSPS) is 10.8. The summed E-state index contributed by atoms with van der Waals surface area (Å²) in [5.41, 5.74) is 12.1. The number of pyridine rings is 1. The van der Waals surface area contributed by atoms with Crippen molar-refractivity contribution < 1.29 is 4.79 Å². The molecule has 5 aromatic rings. The van der Waals surface area contributed by atoms with Crippen molar-refractivity contribution in [2.75, 3.05) is 11.1 Å². The molecule has 32 heavy (non-hydrogen) atoms. The Morgan fingerprint density at radius 3 is 2.47 bits per heavy atom. The first-order valence-corrected chi connectivity index (χ1v) is 10.1. The van der Waals surface area contributed by atoms with E-state index in [4.69, 9.17) is 5.73 Å². The van der Waals surface area contributed by atoms with Crippen LogP contribution in [0.2, 0.25) is 0 Å². The van der Waals surface area contributed by atoms with Crippen molar-refractivity contribution in [1.82, 2.24) is 15.0 Å². The second-order valence-corrected chi connectivity index (χ2v) is 7.36. The second kappa shape index (κ2) is 8.28. The Morgan fingerprint density at radius 1 is 0.812 bits per heavy atom. The number of anilines is 2. The van der Waals surface area contributed by atoms with Gasteiger partial charge in [0.05, 0.1) is 5.52 Å². The molecule has 6 nitrogen and oxygen atoms in total. The van der Waals surface area contributed by atoms with E-state index in [1.165, 1.54) is 0 Å². The lowest BCUT2D eigenvalue weighted by molar-refractivity contribution is 0.102. The third-order valence-electron chi connectivity index (χ3n) is 5.19. The SMILES string of the molecule is Nc1cccc(-c2cc(-c3ccc(C(=O)Nc4ccccn4)cc3)cc3cncnc23)c1. The molecule has 5 rings (SSSR count). The highest BCUT2D eigenvalue weighted by Crippen LogP contribution is 2.33. The van der Waals surface area contributed by atoms with Gasteiger partial charge < -0.3 is 11.1 Å². The lowest BCUT2D eigenvalue weighted by atomic mass is 9.95. The topological polar surface area (TPSA) is 93.8 Å². The number of hydrogen-bond donors (Lipinski definition) is 2. The Bertz CT molecular complexity index is 1420. The lowest BCUT2D eigenvalue weighted by Gasteiger charge is -2.11. The minimum atomic E-state index is -0.206. The van der Waals surface area contributed by atoms with Crippen LogP contribution in [0.5, 0.6) is 0 Å². The molecule has 3 N–H and O–H groups in total. The number of nitrogens with two attached hydrogens (primary N) is 1. The molecule has 0 atom stereocenters. The van der Waals surface area contributed by atoms with Crippen molar-refractivity contribution in [3.8, 4) is 22.3 Å². The van der Waals surface area contributed by atoms with Crippen LogP contribution in [0.4, 0.5) is 11.5 Å². The third kappa shape index (κ3) is 3.89. The number of nitrogens with zero attached hydrogens (tertiary/aromatic N) is 3. The predicted molar refractivity (Wildman–Crippen MR) is 127 cm³/mol. The molecule has 0 spiro atoms. The molecule has 1 amide bonds. The molecule has 0 unspecified atom stereocenters. The van der Waals surface area contributed by atoms with Crippen LogP contribution in [-0.2, 0) is 0 Å². The van der Waals surface area contributed by atoms with Gasteiger partial charge in [0.1, 0.15) is 12.1 Å². The van der Waals surface area contributed by atoms with Gasteiger partial charge in [-0.25, -0.2) is 15.0 Å². The molecule has 0 saturated carbocycles. The zero-order valence-electron chi connectivity index (χ0n) is 17.1. The van der Waals surface area contributed by atoms with Crippen molar-refractivity contribution in [1.29, 1.82) is 0 Å². The summed E-state index contributed by atoms with van der Waals surface area (Å²) in [6, 6.07) is 24.7. The summed E-state index contributed by atoms with van der Waals surface area (Å²) in [4.78, 5) is 25.3. The van der Waals surface area contributed by atoms with E-state index in [0.717, 1.165) is 33.2 Å². The molecule has 2 aromatic heterocycles. The van der Waals surface area contributed by atoms with Crippen LogP contribution in [0, 0.1) is 0 Å². The van der Waals surface area contributed by atoms with E-state index < -0.39 is 0 Å². The first kappa shape index (κ1) is 19.4. The summed E-state index contributed by atoms with van der Waals surface area (Å²) in [5, 5.41) is 3.73. The van der Waals surface area contributed by atoms with Gasteiger partial charge in [-0.3, -0.25) is 4.79 Å². The standard InChI is InChI=1S/C26H19N5O/c27-22-5-3-4-19(13-22)23-14-20(12-21-15-28-16-30-25(21)23)17-7-9-18(10-8-17)26(32)31-24-6-1-2-11-29-24/h1-16H,27H2,(H,29,31,32). The van der Waals surface area contributed by atoms with Crippen molar-refractivity contribution in [2.24, 2.45) is 0 Å². The fraction of sp³-hybridized carbons (Fsp3) is 0. The van der Waals surface area contributed by atoms with E-state index in [0.29, 0.717) is 17.1 Å². The van der Waals surface area contributed by atoms with Crippen LogP contribution in [0.15, 0.2) is 97.6 Å². The number of carbonyl (C=O) groups is 1. The maximum Gasteiger partial charge on any atom is 0.256 e. The minimum Gasteiger partial charge on any atom is -0.399 e. The maximum atomic E-state index is 12.5. The van der Waals surface area contributed by atoms with Crippen molar-refractivity contribution in [2.45, 2.75) is 0 Å². The molecule has 0 fully saturated rings. The first-order chi connectivity index (χ1) is 15.7. The smallest absolute Gasteiger partial charge is 0.256 e. The lowest BCUT2D eigenvalue weighted by Crippen LogP contribution is -2.12. The first-order valence-electron chi connectivity index (χ1n) is 10.1. The fourth-order valence-corrected chi connectivity index (χ4v) is 3.64. The van der Waals surface area contributed by atoms with Crippen LogP contribution >= 0.6 is 0 Å². The van der Waals surface area contributed by atoms with E-state index in [-0.39, 0.29) is 5.91 Å². The van der Waals surface area contributed by atoms with Crippen LogP contribution in [0.3, 0.4) is 0 Å². The summed E-state index contributed by atoms with van der Waals surface area (Å²) in [5.74, 6) is 0.311. The highest BCUT2D eigenvalue weighted by molar-refractivity contribution is 6.04. The Morgan fingerprint density at radius 2 is 1.69 bits per heavy atom. The molecule has 0 radical (unpaired) electrons. The number of aromatic nitrogens is 3. The average molecular weight is 417 g/mol. The van der Waals surface area contributed by atoms with Crippen LogP contribution in [0.1, 0.15) is 10.4 Å². The summed E-state index contributed by atoms with van der Waals surface area (Å²) >= 11 is 0. The molecule has 0 aliphatic heterocycles. The molecule has 3 aromatic carbocycles. The van der Waals surface area contributed by atoms with Crippen molar-refractivity contribution in [3.63, 3.8) is 0 Å². The quantitative estimate of drug-likeness (QED) is 0.392. The highest BCUT2D eigenvalue weighted by atomic mass is 16.1. The van der Waals surface area contributed by atoms with Gasteiger partial charge in [-0.1, -0.05) is 30.3 Å². The minimum absolute atomic E-state index is 0.206. The van der Waals surface area contributed by atoms with Crippen molar-refractivity contribution >= 4 is 28.3 Å². The van der Waals surface area contributed by atoms with E-state index in [1.54, 1.807) is 43.0 Å². The number of benzene rings is 3. The Labute approximate surface area is 184 Å². The second-order valence-electron chi connectivity index (χ2n) is 7.36. The van der Waals surface area contributed by atoms with E-state index in [1.807, 2.05) is 48.5 Å². The summed E-state index contributed by atoms with van der Waals surface area (Å²) in [6.07, 6.45) is 4.99. The van der Waals surface area contributed by atoms with Gasteiger partial charge in [0.2, 0.25) is 0 Å². The Hall–Kier alpha value is -4.58. The molecule has 154 valence electrons. The number of nitrogen functional groups attached to an aromatic ring is 1. The summed E-state index contributed by atoms with van der Waals surface area (Å²) in [6.45, 7) is 0. The Kier molecular flexibility index (Phi) is 5.01. The molecule has 0 saturated heterocycles. The molecule has 0 aliphatic rings.